The van der Waals surface area contributed by atoms with E-state index in [1.54, 1.807) is 0 Å². The number of phosphoric ester groups is 1. The molecule has 0 radical (unpaired) electrons. The lowest BCUT2D eigenvalue weighted by molar-refractivity contribution is -0.870. The highest BCUT2D eigenvalue weighted by Crippen LogP contribution is 2.43. The Labute approximate surface area is 345 Å². The first-order chi connectivity index (χ1) is 27.1. The highest BCUT2D eigenvalue weighted by atomic mass is 31.2. The molecule has 0 bridgehead atoms. The third-order valence-corrected chi connectivity index (χ3v) is 10.3. The van der Waals surface area contributed by atoms with Gasteiger partial charge in [0.2, 0.25) is 0 Å². The third kappa shape index (κ3) is 43.3. The predicted molar refractivity (Wildman–Crippen MR) is 238 cm³/mol. The van der Waals surface area contributed by atoms with Crippen LogP contribution in [0.2, 0.25) is 0 Å². The summed E-state index contributed by atoms with van der Waals surface area (Å²) in [6, 6.07) is 0. The quantitative estimate of drug-likeness (QED) is 0.0216. The van der Waals surface area contributed by atoms with Crippen molar-refractivity contribution in [3.05, 3.63) is 60.8 Å². The number of allylic oxidation sites excluding steroid dienone is 10. The summed E-state index contributed by atoms with van der Waals surface area (Å²) in [6.07, 6.45) is 49.7. The van der Waals surface area contributed by atoms with Crippen molar-refractivity contribution in [2.75, 3.05) is 54.1 Å². The maximum absolute atomic E-state index is 12.7. The van der Waals surface area contributed by atoms with Crippen molar-refractivity contribution in [2.24, 2.45) is 0 Å². The second-order valence-electron chi connectivity index (χ2n) is 16.0. The topological polar surface area (TPSA) is 91.3 Å². The van der Waals surface area contributed by atoms with Gasteiger partial charge < -0.3 is 18.9 Å². The Kier molecular flexibility index (Phi) is 38.7. The largest absolute Gasteiger partial charge is 0.472 e. The lowest BCUT2D eigenvalue weighted by atomic mass is 10.1. The molecule has 0 heterocycles. The second-order valence-corrected chi connectivity index (χ2v) is 17.5. The van der Waals surface area contributed by atoms with Crippen LogP contribution in [0.3, 0.4) is 0 Å². The molecule has 0 spiro atoms. The van der Waals surface area contributed by atoms with Gasteiger partial charge in [0.05, 0.1) is 34.4 Å². The first-order valence-corrected chi connectivity index (χ1v) is 24.0. The fourth-order valence-corrected chi connectivity index (χ4v) is 6.57. The molecule has 2 atom stereocenters. The molecule has 0 aliphatic carbocycles. The molecule has 0 amide bonds. The Balaban J connectivity index is 4.29. The van der Waals surface area contributed by atoms with E-state index in [4.69, 9.17) is 18.5 Å². The zero-order valence-corrected chi connectivity index (χ0v) is 37.7. The van der Waals surface area contributed by atoms with Gasteiger partial charge in [0.25, 0.3) is 0 Å². The highest BCUT2D eigenvalue weighted by Gasteiger charge is 2.26. The lowest BCUT2D eigenvalue weighted by Gasteiger charge is -2.24. The van der Waals surface area contributed by atoms with Crippen LogP contribution in [-0.2, 0) is 27.9 Å². The van der Waals surface area contributed by atoms with Crippen LogP contribution in [0.5, 0.6) is 0 Å². The van der Waals surface area contributed by atoms with Crippen LogP contribution < -0.4 is 0 Å². The van der Waals surface area contributed by atoms with Crippen molar-refractivity contribution in [3.63, 3.8) is 0 Å². The summed E-state index contributed by atoms with van der Waals surface area (Å²) in [5.74, 6) is -0.340. The summed E-state index contributed by atoms with van der Waals surface area (Å²) in [6.45, 7) is 5.45. The van der Waals surface area contributed by atoms with Gasteiger partial charge in [-0.15, -0.1) is 0 Å². The summed E-state index contributed by atoms with van der Waals surface area (Å²) in [7, 11) is 1.64. The molecule has 0 aliphatic heterocycles. The first kappa shape index (κ1) is 54.2. The fraction of sp³-hybridized carbons (Fsp3) is 0.766. The zero-order chi connectivity index (χ0) is 41.3. The Morgan fingerprint density at radius 2 is 1.04 bits per heavy atom. The van der Waals surface area contributed by atoms with Gasteiger partial charge in [-0.2, -0.15) is 0 Å². The number of rotatable bonds is 41. The molecular formula is C47H87NO7P+. The minimum Gasteiger partial charge on any atom is -0.457 e. The third-order valence-electron chi connectivity index (χ3n) is 9.31. The molecule has 0 saturated heterocycles. The van der Waals surface area contributed by atoms with Crippen LogP contribution in [0.4, 0.5) is 0 Å². The van der Waals surface area contributed by atoms with Crippen molar-refractivity contribution >= 4 is 13.8 Å². The van der Waals surface area contributed by atoms with Gasteiger partial charge in [0, 0.05) is 13.0 Å². The molecule has 0 rings (SSSR count). The van der Waals surface area contributed by atoms with Crippen LogP contribution in [0.15, 0.2) is 60.8 Å². The van der Waals surface area contributed by atoms with Gasteiger partial charge in [-0.3, -0.25) is 13.8 Å². The molecule has 1 N–H and O–H groups in total. The molecule has 2 unspecified atom stereocenters. The van der Waals surface area contributed by atoms with E-state index in [1.165, 1.54) is 83.5 Å². The van der Waals surface area contributed by atoms with E-state index in [9.17, 15) is 14.3 Å². The second kappa shape index (κ2) is 40.0. The SMILES string of the molecule is CC/C=C\C/C=C\C/C=C\C/C=C\CCCCCCC(=O)OC(COCCCCCCCC/C=C\CCCCCCCCC)COP(=O)(O)OCC[N+](C)(C)C. The number of esters is 1. The van der Waals surface area contributed by atoms with Gasteiger partial charge >= 0.3 is 13.8 Å². The molecule has 0 aromatic carbocycles. The van der Waals surface area contributed by atoms with Gasteiger partial charge in [-0.05, 0) is 77.0 Å². The summed E-state index contributed by atoms with van der Waals surface area (Å²) in [4.78, 5) is 22.9. The number of hydrogen-bond donors (Lipinski definition) is 1. The van der Waals surface area contributed by atoms with E-state index in [2.05, 4.69) is 74.6 Å². The molecule has 0 aliphatic rings. The first-order valence-electron chi connectivity index (χ1n) is 22.5. The number of carbonyl (C=O) groups is 1. The molecule has 9 heteroatoms. The highest BCUT2D eigenvalue weighted by molar-refractivity contribution is 7.47. The van der Waals surface area contributed by atoms with Crippen molar-refractivity contribution in [1.29, 1.82) is 0 Å². The molecule has 326 valence electrons. The van der Waals surface area contributed by atoms with Gasteiger partial charge in [0.1, 0.15) is 19.3 Å². The lowest BCUT2D eigenvalue weighted by Crippen LogP contribution is -2.37. The maximum atomic E-state index is 12.7. The molecule has 0 aromatic heterocycles. The van der Waals surface area contributed by atoms with E-state index in [0.717, 1.165) is 70.6 Å². The smallest absolute Gasteiger partial charge is 0.457 e. The number of ether oxygens (including phenoxy) is 2. The Morgan fingerprint density at radius 1 is 0.571 bits per heavy atom. The number of carbonyl (C=O) groups excluding carboxylic acids is 1. The van der Waals surface area contributed by atoms with Crippen molar-refractivity contribution in [2.45, 2.75) is 180 Å². The number of phosphoric acid groups is 1. The minimum atomic E-state index is -4.29. The van der Waals surface area contributed by atoms with Crippen LogP contribution in [-0.4, -0.2) is 75.6 Å². The van der Waals surface area contributed by atoms with E-state index in [0.29, 0.717) is 24.1 Å². The van der Waals surface area contributed by atoms with Crippen LogP contribution in [0, 0.1) is 0 Å². The standard InChI is InChI=1S/C47H86NO7P/c1-6-8-10-12-14-16-18-20-22-24-26-28-30-32-34-36-38-40-47(49)55-46(45-54-56(50,51)53-43-41-48(3,4)5)44-52-42-39-37-35-33-31-29-27-25-23-21-19-17-15-13-11-9-7-2/h8,10,14,16,20,22-23,25-26,28,46H,6-7,9,11-13,15,17-19,21,24,27,29-45H2,1-5H3/p+1/b10-8-,16-14-,22-20-,25-23-,28-26-. The summed E-state index contributed by atoms with van der Waals surface area (Å²) in [5, 5.41) is 0. The molecular weight excluding hydrogens is 721 g/mol. The van der Waals surface area contributed by atoms with E-state index >= 15 is 0 Å². The predicted octanol–water partition coefficient (Wildman–Crippen LogP) is 13.3. The fourth-order valence-electron chi connectivity index (χ4n) is 5.83. The number of quaternary nitrogens is 1. The molecule has 0 saturated carbocycles. The van der Waals surface area contributed by atoms with E-state index in [-0.39, 0.29) is 25.8 Å². The summed E-state index contributed by atoms with van der Waals surface area (Å²) in [5.41, 5.74) is 0. The summed E-state index contributed by atoms with van der Waals surface area (Å²) >= 11 is 0. The minimum absolute atomic E-state index is 0.0799. The average molecular weight is 809 g/mol. The number of hydrogen-bond acceptors (Lipinski definition) is 6. The molecule has 0 fully saturated rings. The Hall–Kier alpha value is -1.80. The number of likely N-dealkylation sites (N-methyl/N-ethyl adjacent to an activating group) is 1. The van der Waals surface area contributed by atoms with Crippen molar-refractivity contribution < 1.29 is 37.3 Å². The van der Waals surface area contributed by atoms with Crippen LogP contribution >= 0.6 is 7.82 Å². The van der Waals surface area contributed by atoms with E-state index < -0.39 is 13.9 Å². The molecule has 56 heavy (non-hydrogen) atoms. The van der Waals surface area contributed by atoms with Crippen LogP contribution in [0.1, 0.15) is 174 Å². The normalized spacial score (nSPS) is 14.3. The molecule has 0 aromatic rings. The monoisotopic (exact) mass is 809 g/mol. The van der Waals surface area contributed by atoms with Gasteiger partial charge in [0.15, 0.2) is 0 Å². The average Bonchev–Trinajstić information content (AvgIpc) is 3.15. The number of nitrogens with zero attached hydrogens (tertiary/aromatic N) is 1. The maximum Gasteiger partial charge on any atom is 0.472 e. The van der Waals surface area contributed by atoms with Crippen molar-refractivity contribution in [3.8, 4) is 0 Å². The van der Waals surface area contributed by atoms with Gasteiger partial charge in [-0.1, -0.05) is 152 Å². The zero-order valence-electron chi connectivity index (χ0n) is 36.9. The van der Waals surface area contributed by atoms with Crippen LogP contribution in [0.25, 0.3) is 0 Å². The number of unbranched alkanes of at least 4 members (excludes halogenated alkanes) is 17. The van der Waals surface area contributed by atoms with Crippen molar-refractivity contribution in [1.82, 2.24) is 0 Å². The Morgan fingerprint density at radius 3 is 1.57 bits per heavy atom. The van der Waals surface area contributed by atoms with E-state index in [1.807, 2.05) is 21.1 Å². The molecule has 8 nitrogen and oxygen atoms in total. The summed E-state index contributed by atoms with van der Waals surface area (Å²) < 4.78 is 35.0. The Bertz CT molecular complexity index is 1080. The van der Waals surface area contributed by atoms with Gasteiger partial charge in [-0.25, -0.2) is 4.57 Å².